The van der Waals surface area contributed by atoms with Gasteiger partial charge in [-0.1, -0.05) is 181 Å². The fraction of sp³-hybridized carbons (Fsp3) is 0.952. The number of phosphoric acid groups is 1. The second-order valence-electron chi connectivity index (χ2n) is 16.1. The summed E-state index contributed by atoms with van der Waals surface area (Å²) in [4.78, 5) is 37.4. The van der Waals surface area contributed by atoms with Crippen LogP contribution in [0.1, 0.15) is 206 Å². The quantitative estimate of drug-likeness (QED) is 0.0263. The number of unbranched alkanes of at least 4 members (excludes halogenated alkanes) is 26. The predicted molar refractivity (Wildman–Crippen MR) is 213 cm³/mol. The van der Waals surface area contributed by atoms with Gasteiger partial charge in [-0.2, -0.15) is 0 Å². The van der Waals surface area contributed by atoms with Gasteiger partial charge in [0.2, 0.25) is 0 Å². The third-order valence-corrected chi connectivity index (χ3v) is 10.6. The predicted octanol–water partition coefficient (Wildman–Crippen LogP) is 11.4. The van der Waals surface area contributed by atoms with E-state index in [1.807, 2.05) is 21.1 Å². The molecule has 0 amide bonds. The molecule has 1 unspecified atom stereocenters. The van der Waals surface area contributed by atoms with Gasteiger partial charge in [-0.3, -0.25) is 14.2 Å². The van der Waals surface area contributed by atoms with Crippen molar-refractivity contribution >= 4 is 19.8 Å². The highest BCUT2D eigenvalue weighted by Gasteiger charge is 2.21. The van der Waals surface area contributed by atoms with Crippen LogP contribution in [0.5, 0.6) is 0 Å². The summed E-state index contributed by atoms with van der Waals surface area (Å²) in [5, 5.41) is 0. The van der Waals surface area contributed by atoms with Gasteiger partial charge in [-0.15, -0.1) is 0 Å². The SMILES string of the molecule is CCCCCCCCCCCCCCCCCCCC(=O)OC[C@@H](COP(=O)([O-])OCC[N+](C)(C)C)OC(=O)CCCCCCCCCCCCC. The molecule has 10 heteroatoms. The maximum Gasteiger partial charge on any atom is 0.306 e. The van der Waals surface area contributed by atoms with Crippen molar-refractivity contribution in [3.63, 3.8) is 0 Å². The van der Waals surface area contributed by atoms with Gasteiger partial charge in [-0.25, -0.2) is 0 Å². The Morgan fingerprint density at radius 1 is 0.519 bits per heavy atom. The van der Waals surface area contributed by atoms with E-state index in [9.17, 15) is 19.0 Å². The molecule has 0 aromatic carbocycles. The topological polar surface area (TPSA) is 111 Å². The van der Waals surface area contributed by atoms with Crippen molar-refractivity contribution in [3.05, 3.63) is 0 Å². The molecular formula is C42H84NO8P. The molecule has 0 saturated heterocycles. The summed E-state index contributed by atoms with van der Waals surface area (Å²) in [5.41, 5.74) is 0. The summed E-state index contributed by atoms with van der Waals surface area (Å²) in [6.07, 6.45) is 34.1. The number of likely N-dealkylation sites (N-methyl/N-ethyl adjacent to an activating group) is 1. The maximum atomic E-state index is 12.6. The third kappa shape index (κ3) is 38.7. The highest BCUT2D eigenvalue weighted by molar-refractivity contribution is 7.45. The van der Waals surface area contributed by atoms with Crippen molar-refractivity contribution in [2.75, 3.05) is 47.5 Å². The fourth-order valence-electron chi connectivity index (χ4n) is 6.18. The van der Waals surface area contributed by atoms with Gasteiger partial charge in [-0.05, 0) is 12.8 Å². The average molecular weight is 762 g/mol. The number of carbonyl (C=O) groups is 2. The molecule has 0 aliphatic carbocycles. The van der Waals surface area contributed by atoms with Gasteiger partial charge in [0.1, 0.15) is 19.8 Å². The lowest BCUT2D eigenvalue weighted by Gasteiger charge is -2.28. The Morgan fingerprint density at radius 2 is 0.865 bits per heavy atom. The zero-order valence-corrected chi connectivity index (χ0v) is 35.7. The van der Waals surface area contributed by atoms with Crippen molar-refractivity contribution in [1.29, 1.82) is 0 Å². The van der Waals surface area contributed by atoms with Gasteiger partial charge in [0, 0.05) is 12.8 Å². The summed E-state index contributed by atoms with van der Waals surface area (Å²) in [6, 6.07) is 0. The van der Waals surface area contributed by atoms with E-state index in [0.29, 0.717) is 17.4 Å². The molecule has 0 bridgehead atoms. The minimum absolute atomic E-state index is 0.0259. The molecule has 310 valence electrons. The molecule has 9 nitrogen and oxygen atoms in total. The minimum atomic E-state index is -4.61. The van der Waals surface area contributed by atoms with Crippen LogP contribution in [0.15, 0.2) is 0 Å². The number of esters is 2. The first kappa shape index (κ1) is 51.0. The molecule has 52 heavy (non-hydrogen) atoms. The summed E-state index contributed by atoms with van der Waals surface area (Å²) >= 11 is 0. The lowest BCUT2D eigenvalue weighted by atomic mass is 10.0. The molecule has 0 aromatic heterocycles. The van der Waals surface area contributed by atoms with Gasteiger partial charge in [0.25, 0.3) is 7.82 Å². The molecule has 0 fully saturated rings. The van der Waals surface area contributed by atoms with Crippen molar-refractivity contribution in [3.8, 4) is 0 Å². The molecule has 0 radical (unpaired) electrons. The van der Waals surface area contributed by atoms with E-state index >= 15 is 0 Å². The lowest BCUT2D eigenvalue weighted by Crippen LogP contribution is -2.37. The fourth-order valence-corrected chi connectivity index (χ4v) is 6.91. The zero-order valence-electron chi connectivity index (χ0n) is 34.8. The number of hydrogen-bond acceptors (Lipinski definition) is 8. The zero-order chi connectivity index (χ0) is 38.6. The van der Waals surface area contributed by atoms with Crippen LogP contribution in [0.4, 0.5) is 0 Å². The van der Waals surface area contributed by atoms with Crippen LogP contribution in [0.25, 0.3) is 0 Å². The van der Waals surface area contributed by atoms with Crippen molar-refractivity contribution < 1.29 is 42.1 Å². The minimum Gasteiger partial charge on any atom is -0.756 e. The van der Waals surface area contributed by atoms with E-state index < -0.39 is 26.5 Å². The Labute approximate surface area is 321 Å². The molecule has 0 aromatic rings. The number of carbonyl (C=O) groups excluding carboxylic acids is 2. The second kappa shape index (κ2) is 35.7. The van der Waals surface area contributed by atoms with Crippen molar-refractivity contribution in [1.82, 2.24) is 0 Å². The van der Waals surface area contributed by atoms with E-state index in [0.717, 1.165) is 32.1 Å². The van der Waals surface area contributed by atoms with E-state index in [-0.39, 0.29) is 32.0 Å². The molecule has 0 aliphatic heterocycles. The summed E-state index contributed by atoms with van der Waals surface area (Å²) < 4.78 is 33.8. The second-order valence-corrected chi connectivity index (χ2v) is 17.5. The van der Waals surface area contributed by atoms with E-state index in [2.05, 4.69) is 13.8 Å². The van der Waals surface area contributed by atoms with E-state index in [1.165, 1.54) is 141 Å². The summed E-state index contributed by atoms with van der Waals surface area (Å²) in [7, 11) is 1.18. The van der Waals surface area contributed by atoms with Crippen LogP contribution in [-0.2, 0) is 32.7 Å². The summed E-state index contributed by atoms with van der Waals surface area (Å²) in [5.74, 6) is -0.822. The van der Waals surface area contributed by atoms with Crippen LogP contribution in [0, 0.1) is 0 Å². The van der Waals surface area contributed by atoms with Gasteiger partial charge in [0.15, 0.2) is 6.10 Å². The lowest BCUT2D eigenvalue weighted by molar-refractivity contribution is -0.870. The number of phosphoric ester groups is 1. The van der Waals surface area contributed by atoms with Crippen LogP contribution in [0.2, 0.25) is 0 Å². The van der Waals surface area contributed by atoms with Crippen LogP contribution in [0.3, 0.4) is 0 Å². The highest BCUT2D eigenvalue weighted by Crippen LogP contribution is 2.38. The first-order chi connectivity index (χ1) is 25.0. The van der Waals surface area contributed by atoms with Crippen molar-refractivity contribution in [2.24, 2.45) is 0 Å². The first-order valence-corrected chi connectivity index (χ1v) is 23.2. The van der Waals surface area contributed by atoms with E-state index in [1.54, 1.807) is 0 Å². The van der Waals surface area contributed by atoms with Crippen LogP contribution >= 0.6 is 7.82 Å². The molecule has 0 aliphatic rings. The first-order valence-electron chi connectivity index (χ1n) is 21.7. The smallest absolute Gasteiger partial charge is 0.306 e. The standard InChI is InChI=1S/C42H84NO8P/c1-6-8-10-12-14-16-18-19-20-21-22-23-25-26-28-30-32-34-41(44)48-38-40(39-50-52(46,47)49-37-36-43(3,4)5)51-42(45)35-33-31-29-27-24-17-15-13-11-9-7-2/h40H,6-39H2,1-5H3/t40-/m0/s1. The van der Waals surface area contributed by atoms with Crippen LogP contribution in [-0.4, -0.2) is 70.0 Å². The Kier molecular flexibility index (Phi) is 35.0. The van der Waals surface area contributed by atoms with Gasteiger partial charge in [0.05, 0.1) is 27.7 Å². The largest absolute Gasteiger partial charge is 0.756 e. The molecule has 0 saturated carbocycles. The molecule has 0 spiro atoms. The van der Waals surface area contributed by atoms with Crippen LogP contribution < -0.4 is 4.89 Å². The maximum absolute atomic E-state index is 12.6. The molecule has 2 atom stereocenters. The normalized spacial score (nSPS) is 13.6. The number of rotatable bonds is 40. The average Bonchev–Trinajstić information content (AvgIpc) is 3.09. The monoisotopic (exact) mass is 762 g/mol. The number of quaternary nitrogens is 1. The Hall–Kier alpha value is -0.990. The number of nitrogens with zero attached hydrogens (tertiary/aromatic N) is 1. The Balaban J connectivity index is 4.28. The summed E-state index contributed by atoms with van der Waals surface area (Å²) in [6.45, 7) is 4.25. The molecule has 0 heterocycles. The van der Waals surface area contributed by atoms with Crippen molar-refractivity contribution in [2.45, 2.75) is 213 Å². The van der Waals surface area contributed by atoms with E-state index in [4.69, 9.17) is 18.5 Å². The van der Waals surface area contributed by atoms with Gasteiger partial charge < -0.3 is 27.9 Å². The molecule has 0 N–H and O–H groups in total. The van der Waals surface area contributed by atoms with Gasteiger partial charge >= 0.3 is 11.9 Å². The Bertz CT molecular complexity index is 865. The third-order valence-electron chi connectivity index (χ3n) is 9.63. The molecular weight excluding hydrogens is 677 g/mol. The number of ether oxygens (including phenoxy) is 2. The Morgan fingerprint density at radius 3 is 1.23 bits per heavy atom. The number of hydrogen-bond donors (Lipinski definition) is 0. The molecule has 0 rings (SSSR count). The highest BCUT2D eigenvalue weighted by atomic mass is 31.2.